The van der Waals surface area contributed by atoms with E-state index in [-0.39, 0.29) is 17.7 Å². The van der Waals surface area contributed by atoms with Crippen LogP contribution in [0.15, 0.2) is 47.4 Å². The Kier molecular flexibility index (Phi) is 5.04. The van der Waals surface area contributed by atoms with Gasteiger partial charge in [0.1, 0.15) is 0 Å². The topological polar surface area (TPSA) is 87.3 Å². The highest BCUT2D eigenvalue weighted by molar-refractivity contribution is 8.00. The van der Waals surface area contributed by atoms with E-state index < -0.39 is 0 Å². The highest BCUT2D eigenvalue weighted by Crippen LogP contribution is 2.31. The molecule has 128 valence electrons. The maximum absolute atomic E-state index is 12.3. The maximum Gasteiger partial charge on any atom is 0.251 e. The highest BCUT2D eigenvalue weighted by atomic mass is 32.2. The lowest BCUT2D eigenvalue weighted by Gasteiger charge is -2.17. The number of hydrogen-bond donors (Lipinski definition) is 3. The molecule has 0 saturated carbocycles. The lowest BCUT2D eigenvalue weighted by molar-refractivity contribution is -0.114. The van der Waals surface area contributed by atoms with Crippen molar-refractivity contribution < 1.29 is 14.4 Å². The quantitative estimate of drug-likeness (QED) is 0.787. The van der Waals surface area contributed by atoms with E-state index in [4.69, 9.17) is 0 Å². The molecule has 0 atom stereocenters. The zero-order valence-electron chi connectivity index (χ0n) is 13.6. The molecule has 3 amide bonds. The van der Waals surface area contributed by atoms with Crippen LogP contribution in [0.25, 0.3) is 0 Å². The first-order valence-corrected chi connectivity index (χ1v) is 8.71. The van der Waals surface area contributed by atoms with Gasteiger partial charge in [-0.2, -0.15) is 0 Å². The van der Waals surface area contributed by atoms with E-state index in [1.54, 1.807) is 24.3 Å². The summed E-state index contributed by atoms with van der Waals surface area (Å²) in [6, 6.07) is 12.5. The van der Waals surface area contributed by atoms with Crippen LogP contribution in [0.2, 0.25) is 0 Å². The lowest BCUT2D eigenvalue weighted by Crippen LogP contribution is -2.24. The van der Waals surface area contributed by atoms with Crippen LogP contribution in [0.5, 0.6) is 0 Å². The zero-order chi connectivity index (χ0) is 17.8. The van der Waals surface area contributed by atoms with Gasteiger partial charge in [-0.3, -0.25) is 14.4 Å². The molecule has 0 unspecified atom stereocenters. The van der Waals surface area contributed by atoms with Crippen molar-refractivity contribution in [3.63, 3.8) is 0 Å². The van der Waals surface area contributed by atoms with Crippen molar-refractivity contribution >= 4 is 40.9 Å². The molecule has 3 N–H and O–H groups in total. The Morgan fingerprint density at radius 2 is 1.92 bits per heavy atom. The number of carbonyl (C=O) groups is 3. The van der Waals surface area contributed by atoms with Crippen LogP contribution in [-0.4, -0.2) is 23.5 Å². The minimum absolute atomic E-state index is 0.0608. The Hall–Kier alpha value is -2.80. The summed E-state index contributed by atoms with van der Waals surface area (Å²) < 4.78 is 0. The van der Waals surface area contributed by atoms with Crippen LogP contribution in [0.3, 0.4) is 0 Å². The smallest absolute Gasteiger partial charge is 0.251 e. The highest BCUT2D eigenvalue weighted by Gasteiger charge is 2.17. The van der Waals surface area contributed by atoms with Gasteiger partial charge in [-0.25, -0.2) is 0 Å². The summed E-state index contributed by atoms with van der Waals surface area (Å²) in [6.45, 7) is 1.82. The van der Waals surface area contributed by atoms with Gasteiger partial charge in [-0.1, -0.05) is 12.1 Å². The molecule has 0 aliphatic carbocycles. The Morgan fingerprint density at radius 3 is 2.64 bits per heavy atom. The number of nitrogens with one attached hydrogen (secondary N) is 3. The van der Waals surface area contributed by atoms with Gasteiger partial charge >= 0.3 is 0 Å². The molecule has 6 nitrogen and oxygen atoms in total. The van der Waals surface area contributed by atoms with Gasteiger partial charge < -0.3 is 16.0 Å². The normalized spacial score (nSPS) is 12.8. The molecule has 0 fully saturated rings. The number of hydrogen-bond acceptors (Lipinski definition) is 4. The third-order valence-corrected chi connectivity index (χ3v) is 4.68. The maximum atomic E-state index is 12.3. The van der Waals surface area contributed by atoms with Crippen LogP contribution in [0.4, 0.5) is 11.4 Å². The fourth-order valence-electron chi connectivity index (χ4n) is 2.42. The van der Waals surface area contributed by atoms with Gasteiger partial charge in [0.15, 0.2) is 0 Å². The molecule has 25 heavy (non-hydrogen) atoms. The van der Waals surface area contributed by atoms with E-state index in [0.29, 0.717) is 29.2 Å². The van der Waals surface area contributed by atoms with Crippen LogP contribution in [-0.2, 0) is 16.1 Å². The number of fused-ring (bicyclic) bond motifs is 1. The summed E-state index contributed by atoms with van der Waals surface area (Å²) in [7, 11) is 0. The second-order valence-corrected chi connectivity index (χ2v) is 6.63. The molecule has 2 aromatic carbocycles. The van der Waals surface area contributed by atoms with Gasteiger partial charge in [0.05, 0.1) is 11.4 Å². The Morgan fingerprint density at radius 1 is 1.16 bits per heavy atom. The van der Waals surface area contributed by atoms with Crippen molar-refractivity contribution in [3.8, 4) is 0 Å². The third kappa shape index (κ3) is 4.39. The SMILES string of the molecule is CC(=O)Nc1ccc(CNC(=O)c2ccc3c(c2)NC(=O)CS3)cc1. The molecular weight excluding hydrogens is 338 g/mol. The number of rotatable bonds is 4. The molecule has 1 aliphatic rings. The van der Waals surface area contributed by atoms with Gasteiger partial charge in [0, 0.05) is 29.6 Å². The minimum Gasteiger partial charge on any atom is -0.348 e. The van der Waals surface area contributed by atoms with Gasteiger partial charge in [-0.05, 0) is 35.9 Å². The van der Waals surface area contributed by atoms with E-state index in [1.807, 2.05) is 18.2 Å². The first-order valence-electron chi connectivity index (χ1n) is 7.73. The molecule has 0 radical (unpaired) electrons. The van der Waals surface area contributed by atoms with E-state index in [0.717, 1.165) is 10.5 Å². The second kappa shape index (κ2) is 7.40. The first kappa shape index (κ1) is 17.0. The van der Waals surface area contributed by atoms with Crippen LogP contribution in [0, 0.1) is 0 Å². The van der Waals surface area contributed by atoms with Crippen molar-refractivity contribution in [2.24, 2.45) is 0 Å². The fraction of sp³-hybridized carbons (Fsp3) is 0.167. The number of benzene rings is 2. The van der Waals surface area contributed by atoms with Crippen molar-refractivity contribution in [2.45, 2.75) is 18.4 Å². The first-order chi connectivity index (χ1) is 12.0. The van der Waals surface area contributed by atoms with Crippen molar-refractivity contribution in [1.29, 1.82) is 0 Å². The number of thioether (sulfide) groups is 1. The molecular formula is C18H17N3O3S. The number of amides is 3. The Labute approximate surface area is 149 Å². The number of carbonyl (C=O) groups excluding carboxylic acids is 3. The molecule has 3 rings (SSSR count). The predicted molar refractivity (Wildman–Crippen MR) is 97.7 cm³/mol. The number of anilines is 2. The molecule has 7 heteroatoms. The molecule has 1 aliphatic heterocycles. The van der Waals surface area contributed by atoms with Crippen LogP contribution < -0.4 is 16.0 Å². The second-order valence-electron chi connectivity index (χ2n) is 5.61. The van der Waals surface area contributed by atoms with Gasteiger partial charge in [-0.15, -0.1) is 11.8 Å². The predicted octanol–water partition coefficient (Wildman–Crippen LogP) is 2.62. The Balaban J connectivity index is 1.62. The zero-order valence-corrected chi connectivity index (χ0v) is 14.4. The summed E-state index contributed by atoms with van der Waals surface area (Å²) in [5.74, 6) is -0.000814. The van der Waals surface area contributed by atoms with E-state index in [9.17, 15) is 14.4 Å². The van der Waals surface area contributed by atoms with Crippen LogP contribution in [0.1, 0.15) is 22.8 Å². The summed E-state index contributed by atoms with van der Waals surface area (Å²) in [5.41, 5.74) is 2.81. The summed E-state index contributed by atoms with van der Waals surface area (Å²) in [4.78, 5) is 35.7. The van der Waals surface area contributed by atoms with Gasteiger partial charge in [0.25, 0.3) is 5.91 Å². The van der Waals surface area contributed by atoms with Gasteiger partial charge in [0.2, 0.25) is 11.8 Å². The van der Waals surface area contributed by atoms with Crippen LogP contribution >= 0.6 is 11.8 Å². The van der Waals surface area contributed by atoms with E-state index in [1.165, 1.54) is 18.7 Å². The lowest BCUT2D eigenvalue weighted by atomic mass is 10.1. The average Bonchev–Trinajstić information content (AvgIpc) is 2.59. The molecule has 0 aromatic heterocycles. The molecule has 1 heterocycles. The van der Waals surface area contributed by atoms with E-state index in [2.05, 4.69) is 16.0 Å². The van der Waals surface area contributed by atoms with E-state index >= 15 is 0 Å². The van der Waals surface area contributed by atoms with Crippen molar-refractivity contribution in [1.82, 2.24) is 5.32 Å². The standard InChI is InChI=1S/C18H17N3O3S/c1-11(22)20-14-5-2-12(3-6-14)9-19-18(24)13-4-7-16-15(8-13)21-17(23)10-25-16/h2-8H,9-10H2,1H3,(H,19,24)(H,20,22)(H,21,23). The molecule has 0 saturated heterocycles. The van der Waals surface area contributed by atoms with Crippen molar-refractivity contribution in [2.75, 3.05) is 16.4 Å². The molecule has 2 aromatic rings. The largest absolute Gasteiger partial charge is 0.348 e. The third-order valence-electron chi connectivity index (χ3n) is 3.60. The summed E-state index contributed by atoms with van der Waals surface area (Å²) >= 11 is 1.46. The minimum atomic E-state index is -0.210. The fourth-order valence-corrected chi connectivity index (χ4v) is 3.21. The monoisotopic (exact) mass is 355 g/mol. The summed E-state index contributed by atoms with van der Waals surface area (Å²) in [6.07, 6.45) is 0. The average molecular weight is 355 g/mol. The van der Waals surface area contributed by atoms with Crippen molar-refractivity contribution in [3.05, 3.63) is 53.6 Å². The molecule has 0 bridgehead atoms. The summed E-state index contributed by atoms with van der Waals surface area (Å²) in [5, 5.41) is 8.32. The Bertz CT molecular complexity index is 834. The molecule has 0 spiro atoms.